The molecule has 9 nitrogen and oxygen atoms in total. The molecule has 0 radical (unpaired) electrons. The molecular weight excluding hydrogens is 498 g/mol. The van der Waals surface area contributed by atoms with Crippen molar-refractivity contribution in [2.45, 2.75) is 54.4 Å². The fourth-order valence-corrected chi connectivity index (χ4v) is 4.58. The third-order valence-electron chi connectivity index (χ3n) is 6.06. The van der Waals surface area contributed by atoms with E-state index in [9.17, 15) is 14.4 Å². The van der Waals surface area contributed by atoms with Gasteiger partial charge in [-0.1, -0.05) is 11.6 Å². The fraction of sp³-hybridized carbons (Fsp3) is 0.519. The van der Waals surface area contributed by atoms with Gasteiger partial charge in [-0.25, -0.2) is 19.6 Å². The quantitative estimate of drug-likeness (QED) is 0.294. The zero-order valence-electron chi connectivity index (χ0n) is 22.6. The largest absolute Gasteiger partial charge is 0.469 e. The Labute approximate surface area is 223 Å². The van der Waals surface area contributed by atoms with E-state index >= 15 is 0 Å². The standard InChI is InChI=1S/C17H24N2O4.C10H12ClNO2/c1-5-23-17(21)15-11(2)10-14(18-12(15)3)19-8-6-13(7-9-19)16(20)22-4;1-4-14-10(13)9-6(2)5-8(11)12-7(9)3/h10,13H,5-9H2,1-4H3;5H,4H2,1-3H3. The first-order valence-corrected chi connectivity index (χ1v) is 12.7. The number of rotatable bonds is 6. The van der Waals surface area contributed by atoms with Crippen molar-refractivity contribution >= 4 is 35.3 Å². The van der Waals surface area contributed by atoms with E-state index in [2.05, 4.69) is 14.9 Å². The number of nitrogens with zero attached hydrogens (tertiary/aromatic N) is 3. The summed E-state index contributed by atoms with van der Waals surface area (Å²) < 4.78 is 14.8. The Kier molecular flexibility index (Phi) is 11.3. The minimum atomic E-state index is -0.341. The normalized spacial score (nSPS) is 13.4. The highest BCUT2D eigenvalue weighted by atomic mass is 35.5. The SMILES string of the molecule is CCOC(=O)c1c(C)cc(Cl)nc1C.CCOC(=O)c1c(C)cc(N2CCC(C(=O)OC)CC2)nc1C. The zero-order chi connectivity index (χ0) is 27.7. The van der Waals surface area contributed by atoms with Gasteiger partial charge >= 0.3 is 17.9 Å². The van der Waals surface area contributed by atoms with E-state index in [1.807, 2.05) is 26.8 Å². The molecule has 0 bridgehead atoms. The van der Waals surface area contributed by atoms with Crippen molar-refractivity contribution in [2.24, 2.45) is 5.92 Å². The summed E-state index contributed by atoms with van der Waals surface area (Å²) in [6.45, 7) is 13.0. The van der Waals surface area contributed by atoms with Crippen LogP contribution in [0.3, 0.4) is 0 Å². The van der Waals surface area contributed by atoms with Crippen molar-refractivity contribution in [3.63, 3.8) is 0 Å². The Hall–Kier alpha value is -3.20. The van der Waals surface area contributed by atoms with Crippen LogP contribution in [0, 0.1) is 33.6 Å². The number of aromatic nitrogens is 2. The van der Waals surface area contributed by atoms with Gasteiger partial charge in [-0.3, -0.25) is 4.79 Å². The van der Waals surface area contributed by atoms with Gasteiger partial charge in [0.25, 0.3) is 0 Å². The third-order valence-corrected chi connectivity index (χ3v) is 6.26. The van der Waals surface area contributed by atoms with Crippen molar-refractivity contribution in [3.8, 4) is 0 Å². The van der Waals surface area contributed by atoms with E-state index in [0.29, 0.717) is 40.9 Å². The summed E-state index contributed by atoms with van der Waals surface area (Å²) in [6.07, 6.45) is 1.51. The summed E-state index contributed by atoms with van der Waals surface area (Å²) in [5, 5.41) is 0.396. The number of methoxy groups -OCH3 is 1. The predicted octanol–water partition coefficient (Wildman–Crippen LogP) is 4.79. The lowest BCUT2D eigenvalue weighted by molar-refractivity contribution is -0.146. The number of halogens is 1. The molecule has 37 heavy (non-hydrogen) atoms. The van der Waals surface area contributed by atoms with Crippen LogP contribution in [0.15, 0.2) is 12.1 Å². The lowest BCUT2D eigenvalue weighted by Crippen LogP contribution is -2.37. The molecule has 0 saturated carbocycles. The molecule has 202 valence electrons. The Bertz CT molecular complexity index is 1080. The molecular formula is C27H36ClN3O6. The Morgan fingerprint density at radius 3 is 1.81 bits per heavy atom. The van der Waals surface area contributed by atoms with Gasteiger partial charge in [-0.15, -0.1) is 0 Å². The van der Waals surface area contributed by atoms with Crippen LogP contribution in [0.25, 0.3) is 0 Å². The molecule has 2 aromatic heterocycles. The van der Waals surface area contributed by atoms with E-state index in [-0.39, 0.29) is 23.8 Å². The van der Waals surface area contributed by atoms with Gasteiger partial charge < -0.3 is 19.1 Å². The maximum Gasteiger partial charge on any atom is 0.340 e. The Morgan fingerprint density at radius 1 is 0.892 bits per heavy atom. The number of pyridine rings is 2. The van der Waals surface area contributed by atoms with Gasteiger partial charge in [0.05, 0.1) is 48.8 Å². The molecule has 2 aromatic rings. The van der Waals surface area contributed by atoms with Crippen LogP contribution in [0.5, 0.6) is 0 Å². The first-order chi connectivity index (χ1) is 17.5. The van der Waals surface area contributed by atoms with Gasteiger partial charge in [-0.2, -0.15) is 0 Å². The molecule has 1 saturated heterocycles. The smallest absolute Gasteiger partial charge is 0.340 e. The topological polar surface area (TPSA) is 108 Å². The van der Waals surface area contributed by atoms with Gasteiger partial charge in [0.1, 0.15) is 11.0 Å². The molecule has 3 heterocycles. The summed E-state index contributed by atoms with van der Waals surface area (Å²) in [7, 11) is 1.43. The number of hydrogen-bond acceptors (Lipinski definition) is 9. The lowest BCUT2D eigenvalue weighted by atomic mass is 9.97. The third kappa shape index (κ3) is 7.89. The van der Waals surface area contributed by atoms with Crippen LogP contribution in [-0.2, 0) is 19.0 Å². The van der Waals surface area contributed by atoms with E-state index in [1.54, 1.807) is 26.8 Å². The predicted molar refractivity (Wildman–Crippen MR) is 141 cm³/mol. The van der Waals surface area contributed by atoms with Gasteiger partial charge in [-0.05, 0) is 77.6 Å². The molecule has 1 aliphatic rings. The van der Waals surface area contributed by atoms with Crippen molar-refractivity contribution in [2.75, 3.05) is 38.3 Å². The van der Waals surface area contributed by atoms with E-state index < -0.39 is 0 Å². The summed E-state index contributed by atoms with van der Waals surface area (Å²) in [5.41, 5.74) is 3.99. The van der Waals surface area contributed by atoms with Crippen LogP contribution in [0.4, 0.5) is 5.82 Å². The summed E-state index contributed by atoms with van der Waals surface area (Å²) >= 11 is 5.74. The Morgan fingerprint density at radius 2 is 1.38 bits per heavy atom. The summed E-state index contributed by atoms with van der Waals surface area (Å²) in [5.74, 6) is 0.00820. The molecule has 1 fully saturated rings. The van der Waals surface area contributed by atoms with Crippen molar-refractivity contribution < 1.29 is 28.6 Å². The molecule has 3 rings (SSSR count). The van der Waals surface area contributed by atoms with Gasteiger partial charge in [0, 0.05) is 13.1 Å². The molecule has 0 N–H and O–H groups in total. The number of piperidine rings is 1. The maximum atomic E-state index is 12.0. The second-order valence-corrected chi connectivity index (χ2v) is 9.09. The highest BCUT2D eigenvalue weighted by Gasteiger charge is 2.27. The Balaban J connectivity index is 0.000000294. The highest BCUT2D eigenvalue weighted by Crippen LogP contribution is 2.26. The number of carbonyl (C=O) groups is 3. The number of aryl methyl sites for hydroxylation is 4. The van der Waals surface area contributed by atoms with E-state index in [4.69, 9.17) is 25.8 Å². The highest BCUT2D eigenvalue weighted by molar-refractivity contribution is 6.29. The second kappa shape index (κ2) is 13.9. The molecule has 1 aliphatic heterocycles. The minimum absolute atomic E-state index is 0.0303. The van der Waals surface area contributed by atoms with Crippen molar-refractivity contribution in [1.29, 1.82) is 0 Å². The minimum Gasteiger partial charge on any atom is -0.469 e. The molecule has 0 spiro atoms. The van der Waals surface area contributed by atoms with Crippen LogP contribution in [0.2, 0.25) is 5.15 Å². The molecule has 0 amide bonds. The first kappa shape index (κ1) is 30.0. The molecule has 0 atom stereocenters. The number of anilines is 1. The number of esters is 3. The summed E-state index contributed by atoms with van der Waals surface area (Å²) in [6, 6.07) is 3.57. The van der Waals surface area contributed by atoms with Crippen LogP contribution in [-0.4, -0.2) is 61.3 Å². The number of hydrogen-bond donors (Lipinski definition) is 0. The molecule has 0 unspecified atom stereocenters. The zero-order valence-corrected chi connectivity index (χ0v) is 23.4. The molecule has 10 heteroatoms. The van der Waals surface area contributed by atoms with Crippen molar-refractivity contribution in [3.05, 3.63) is 50.9 Å². The second-order valence-electron chi connectivity index (χ2n) is 8.71. The van der Waals surface area contributed by atoms with Crippen LogP contribution >= 0.6 is 11.6 Å². The molecule has 0 aliphatic carbocycles. The monoisotopic (exact) mass is 533 g/mol. The summed E-state index contributed by atoms with van der Waals surface area (Å²) in [4.78, 5) is 45.8. The maximum absolute atomic E-state index is 12.0. The van der Waals surface area contributed by atoms with E-state index in [1.165, 1.54) is 7.11 Å². The fourth-order valence-electron chi connectivity index (χ4n) is 4.29. The average molecular weight is 534 g/mol. The first-order valence-electron chi connectivity index (χ1n) is 12.3. The van der Waals surface area contributed by atoms with Gasteiger partial charge in [0.2, 0.25) is 0 Å². The molecule has 0 aromatic carbocycles. The lowest BCUT2D eigenvalue weighted by Gasteiger charge is -2.32. The van der Waals surface area contributed by atoms with E-state index in [0.717, 1.165) is 42.9 Å². The van der Waals surface area contributed by atoms with Gasteiger partial charge in [0.15, 0.2) is 0 Å². The number of carbonyl (C=O) groups excluding carboxylic acids is 3. The van der Waals surface area contributed by atoms with Crippen molar-refractivity contribution in [1.82, 2.24) is 9.97 Å². The van der Waals surface area contributed by atoms with Crippen LogP contribution < -0.4 is 4.90 Å². The average Bonchev–Trinajstić information content (AvgIpc) is 2.83. The van der Waals surface area contributed by atoms with Crippen LogP contribution in [0.1, 0.15) is 69.9 Å². The number of ether oxygens (including phenoxy) is 3.